The van der Waals surface area contributed by atoms with E-state index in [1.807, 2.05) is 57.2 Å². The Bertz CT molecular complexity index is 1740. The van der Waals surface area contributed by atoms with Crippen LogP contribution in [0.5, 0.6) is 17.2 Å². The van der Waals surface area contributed by atoms with Crippen molar-refractivity contribution < 1.29 is 28.9 Å². The third kappa shape index (κ3) is 5.77. The lowest BCUT2D eigenvalue weighted by Crippen LogP contribution is -2.29. The Hall–Kier alpha value is -4.35. The number of Topliss-reactive ketones (excluding diaryl/α,β-unsaturated/α-hetero) is 1. The first-order valence-electron chi connectivity index (χ1n) is 14.4. The molecule has 2 unspecified atom stereocenters. The van der Waals surface area contributed by atoms with Crippen LogP contribution in [0, 0.1) is 0 Å². The Morgan fingerprint density at radius 1 is 1.02 bits per heavy atom. The molecule has 1 fully saturated rings. The van der Waals surface area contributed by atoms with Gasteiger partial charge in [-0.25, -0.2) is 0 Å². The Morgan fingerprint density at radius 2 is 1.80 bits per heavy atom. The highest BCUT2D eigenvalue weighted by Crippen LogP contribution is 2.46. The summed E-state index contributed by atoms with van der Waals surface area (Å²) in [5.74, 6) is 0.558. The van der Waals surface area contributed by atoms with E-state index in [2.05, 4.69) is 10.2 Å². The number of aromatic nitrogens is 2. The Labute approximate surface area is 263 Å². The number of thioether (sulfide) groups is 1. The van der Waals surface area contributed by atoms with Gasteiger partial charge in [-0.3, -0.25) is 14.5 Å². The molecule has 0 radical (unpaired) electrons. The minimum absolute atomic E-state index is 0.0141. The molecule has 6 rings (SSSR count). The standard InChI is InChI=1S/C33H31N3O6S2/c1-4-40-25-14-11-21(17-26(25)41-5-2)28-27(29(37)22-12-13-24-23(16-22)15-19(3)42-24)30(38)31(39)36(28)32-34-35-33(44-32)43-18-20-9-7-6-8-10-20/h6-14,16-17,19,28,37H,4-5,15,18H2,1-3H3. The average molecular weight is 630 g/mol. The molecule has 9 nitrogen and oxygen atoms in total. The van der Waals surface area contributed by atoms with Crippen LogP contribution in [0.2, 0.25) is 0 Å². The number of amides is 1. The number of aliphatic hydroxyl groups is 1. The van der Waals surface area contributed by atoms with Crippen LogP contribution in [-0.2, 0) is 21.8 Å². The summed E-state index contributed by atoms with van der Waals surface area (Å²) >= 11 is 2.72. The van der Waals surface area contributed by atoms with Crippen molar-refractivity contribution in [2.24, 2.45) is 0 Å². The van der Waals surface area contributed by atoms with Crippen molar-refractivity contribution in [3.63, 3.8) is 0 Å². The van der Waals surface area contributed by atoms with Crippen LogP contribution < -0.4 is 19.1 Å². The third-order valence-electron chi connectivity index (χ3n) is 7.30. The van der Waals surface area contributed by atoms with Gasteiger partial charge in [-0.1, -0.05) is 59.5 Å². The average Bonchev–Trinajstić information content (AvgIpc) is 3.72. The molecular weight excluding hydrogens is 599 g/mol. The molecule has 1 aromatic heterocycles. The van der Waals surface area contributed by atoms with E-state index < -0.39 is 17.7 Å². The molecule has 1 amide bonds. The Kier molecular flexibility index (Phi) is 8.58. The van der Waals surface area contributed by atoms with Gasteiger partial charge in [0.25, 0.3) is 5.78 Å². The molecule has 3 aromatic carbocycles. The van der Waals surface area contributed by atoms with Crippen molar-refractivity contribution in [2.45, 2.75) is 49.4 Å². The van der Waals surface area contributed by atoms with Gasteiger partial charge in [-0.2, -0.15) is 0 Å². The van der Waals surface area contributed by atoms with Gasteiger partial charge in [0.2, 0.25) is 5.13 Å². The molecule has 2 aliphatic heterocycles. The summed E-state index contributed by atoms with van der Waals surface area (Å²) < 4.78 is 18.1. The van der Waals surface area contributed by atoms with Gasteiger partial charge < -0.3 is 19.3 Å². The number of carbonyl (C=O) groups is 2. The normalized spacial score (nSPS) is 18.8. The smallest absolute Gasteiger partial charge is 0.301 e. The van der Waals surface area contributed by atoms with E-state index in [1.165, 1.54) is 28.0 Å². The third-order valence-corrected chi connectivity index (χ3v) is 9.43. The molecule has 3 heterocycles. The second-order valence-electron chi connectivity index (χ2n) is 10.3. The van der Waals surface area contributed by atoms with Crippen molar-refractivity contribution >= 4 is 45.7 Å². The highest BCUT2D eigenvalue weighted by Gasteiger charge is 2.48. The second-order valence-corrected chi connectivity index (χ2v) is 12.5. The van der Waals surface area contributed by atoms with Crippen LogP contribution in [0.1, 0.15) is 49.1 Å². The van der Waals surface area contributed by atoms with Gasteiger partial charge in [-0.05, 0) is 67.8 Å². The number of fused-ring (bicyclic) bond motifs is 1. The lowest BCUT2D eigenvalue weighted by molar-refractivity contribution is -0.132. The fraction of sp³-hybridized carbons (Fsp3) is 0.273. The predicted octanol–water partition coefficient (Wildman–Crippen LogP) is 6.58. The molecule has 11 heteroatoms. The summed E-state index contributed by atoms with van der Waals surface area (Å²) in [5, 5.41) is 20.6. The highest BCUT2D eigenvalue weighted by atomic mass is 32.2. The van der Waals surface area contributed by atoms with Crippen LogP contribution >= 0.6 is 23.1 Å². The number of hydrogen-bond acceptors (Lipinski definition) is 10. The Balaban J connectivity index is 1.43. The van der Waals surface area contributed by atoms with Gasteiger partial charge in [0.15, 0.2) is 15.8 Å². The number of hydrogen-bond donors (Lipinski definition) is 1. The van der Waals surface area contributed by atoms with Gasteiger partial charge in [-0.15, -0.1) is 10.2 Å². The molecular formula is C33H31N3O6S2. The maximum Gasteiger partial charge on any atom is 0.301 e. The zero-order valence-corrected chi connectivity index (χ0v) is 26.1. The number of anilines is 1. The van der Waals surface area contributed by atoms with E-state index in [-0.39, 0.29) is 22.6 Å². The van der Waals surface area contributed by atoms with Crippen LogP contribution in [0.25, 0.3) is 5.76 Å². The maximum absolute atomic E-state index is 13.7. The van der Waals surface area contributed by atoms with Crippen molar-refractivity contribution in [3.05, 3.63) is 94.6 Å². The van der Waals surface area contributed by atoms with Crippen molar-refractivity contribution in [1.82, 2.24) is 10.2 Å². The predicted molar refractivity (Wildman–Crippen MR) is 170 cm³/mol. The lowest BCUT2D eigenvalue weighted by atomic mass is 9.94. The monoisotopic (exact) mass is 629 g/mol. The van der Waals surface area contributed by atoms with Crippen LogP contribution in [-0.4, -0.2) is 46.3 Å². The van der Waals surface area contributed by atoms with E-state index in [9.17, 15) is 14.7 Å². The fourth-order valence-corrected chi connectivity index (χ4v) is 7.21. The number of benzene rings is 3. The molecule has 226 valence electrons. The molecule has 0 spiro atoms. The molecule has 44 heavy (non-hydrogen) atoms. The van der Waals surface area contributed by atoms with E-state index in [1.54, 1.807) is 30.3 Å². The number of rotatable bonds is 10. The molecule has 1 N–H and O–H groups in total. The summed E-state index contributed by atoms with van der Waals surface area (Å²) in [4.78, 5) is 28.8. The van der Waals surface area contributed by atoms with E-state index in [0.29, 0.717) is 52.4 Å². The van der Waals surface area contributed by atoms with Crippen molar-refractivity contribution in [3.8, 4) is 17.2 Å². The van der Waals surface area contributed by atoms with Gasteiger partial charge in [0.05, 0.1) is 24.8 Å². The SMILES string of the molecule is CCOc1ccc(C2C(=C(O)c3ccc4c(c3)CC(C)O4)C(=O)C(=O)N2c2nnc(SCc3ccccc3)s2)cc1OCC. The first-order valence-corrected chi connectivity index (χ1v) is 16.2. The highest BCUT2D eigenvalue weighted by molar-refractivity contribution is 8.00. The summed E-state index contributed by atoms with van der Waals surface area (Å²) in [6.45, 7) is 6.54. The quantitative estimate of drug-likeness (QED) is 0.0684. The number of aliphatic hydroxyl groups excluding tert-OH is 1. The van der Waals surface area contributed by atoms with Crippen LogP contribution in [0.4, 0.5) is 5.13 Å². The minimum atomic E-state index is -0.978. The fourth-order valence-electron chi connectivity index (χ4n) is 5.39. The number of ether oxygens (including phenoxy) is 3. The van der Waals surface area contributed by atoms with Crippen molar-refractivity contribution in [2.75, 3.05) is 18.1 Å². The number of carbonyl (C=O) groups excluding carboxylic acids is 2. The number of ketones is 1. The molecule has 0 aliphatic carbocycles. The topological polar surface area (TPSA) is 111 Å². The maximum atomic E-state index is 13.7. The zero-order valence-electron chi connectivity index (χ0n) is 24.5. The van der Waals surface area contributed by atoms with Gasteiger partial charge >= 0.3 is 5.91 Å². The van der Waals surface area contributed by atoms with Crippen LogP contribution in [0.15, 0.2) is 76.6 Å². The zero-order chi connectivity index (χ0) is 30.8. The van der Waals surface area contributed by atoms with E-state index in [0.717, 1.165) is 16.9 Å². The second kappa shape index (κ2) is 12.7. The first kappa shape index (κ1) is 29.7. The summed E-state index contributed by atoms with van der Waals surface area (Å²) in [6.07, 6.45) is 0.694. The largest absolute Gasteiger partial charge is 0.507 e. The molecule has 2 aliphatic rings. The summed E-state index contributed by atoms with van der Waals surface area (Å²) in [7, 11) is 0. The van der Waals surface area contributed by atoms with Gasteiger partial charge in [0.1, 0.15) is 17.6 Å². The summed E-state index contributed by atoms with van der Waals surface area (Å²) in [5.41, 5.74) is 3.00. The lowest BCUT2D eigenvalue weighted by Gasteiger charge is -2.23. The molecule has 2 atom stereocenters. The minimum Gasteiger partial charge on any atom is -0.507 e. The van der Waals surface area contributed by atoms with Crippen molar-refractivity contribution in [1.29, 1.82) is 0 Å². The molecule has 1 saturated heterocycles. The molecule has 4 aromatic rings. The van der Waals surface area contributed by atoms with Crippen LogP contribution in [0.3, 0.4) is 0 Å². The van der Waals surface area contributed by atoms with E-state index >= 15 is 0 Å². The van der Waals surface area contributed by atoms with Gasteiger partial charge in [0, 0.05) is 17.7 Å². The summed E-state index contributed by atoms with van der Waals surface area (Å²) in [6, 6.07) is 19.5. The molecule has 0 bridgehead atoms. The Morgan fingerprint density at radius 3 is 2.57 bits per heavy atom. The van der Waals surface area contributed by atoms with E-state index in [4.69, 9.17) is 14.2 Å². The first-order chi connectivity index (χ1) is 21.4. The molecule has 0 saturated carbocycles. The number of nitrogens with zero attached hydrogens (tertiary/aromatic N) is 3.